The summed E-state index contributed by atoms with van der Waals surface area (Å²) in [5.74, 6) is 2.57. The van der Waals surface area contributed by atoms with Crippen molar-refractivity contribution < 1.29 is 17.9 Å². The van der Waals surface area contributed by atoms with E-state index in [1.807, 2.05) is 0 Å². The largest absolute Gasteiger partial charge is 0.482 e. The van der Waals surface area contributed by atoms with E-state index in [-0.39, 0.29) is 17.4 Å². The summed E-state index contributed by atoms with van der Waals surface area (Å²) in [6.45, 7) is 0.428. The van der Waals surface area contributed by atoms with Crippen molar-refractivity contribution in [1.82, 2.24) is 4.72 Å². The Kier molecular flexibility index (Phi) is 4.00. The van der Waals surface area contributed by atoms with Gasteiger partial charge in [0, 0.05) is 6.54 Å². The number of sulfonamides is 1. The molecule has 1 amide bonds. The normalized spacial score (nSPS) is 28.3. The molecule has 1 aromatic carbocycles. The van der Waals surface area contributed by atoms with Crippen LogP contribution in [0.1, 0.15) is 32.1 Å². The lowest BCUT2D eigenvalue weighted by Crippen LogP contribution is -2.28. The van der Waals surface area contributed by atoms with Crippen molar-refractivity contribution in [3.8, 4) is 5.75 Å². The highest BCUT2D eigenvalue weighted by Crippen LogP contribution is 2.49. The highest BCUT2D eigenvalue weighted by molar-refractivity contribution is 7.89. The van der Waals surface area contributed by atoms with Gasteiger partial charge >= 0.3 is 0 Å². The fraction of sp³-hybridized carbons (Fsp3) is 0.588. The van der Waals surface area contributed by atoms with E-state index in [2.05, 4.69) is 10.0 Å². The Morgan fingerprint density at radius 2 is 2.12 bits per heavy atom. The lowest BCUT2D eigenvalue weighted by Gasteiger charge is -2.21. The summed E-state index contributed by atoms with van der Waals surface area (Å²) in [5, 5.41) is 2.64. The zero-order valence-electron chi connectivity index (χ0n) is 13.5. The molecule has 2 bridgehead atoms. The van der Waals surface area contributed by atoms with E-state index >= 15 is 0 Å². The van der Waals surface area contributed by atoms with Crippen molar-refractivity contribution in [2.45, 2.75) is 37.0 Å². The van der Waals surface area contributed by atoms with Gasteiger partial charge in [0.1, 0.15) is 5.75 Å². The Hall–Kier alpha value is -1.60. The number of carbonyl (C=O) groups excluding carboxylic acids is 1. The molecule has 4 rings (SSSR count). The maximum atomic E-state index is 12.5. The average Bonchev–Trinajstić information content (AvgIpc) is 3.17. The number of nitrogens with one attached hydrogen (secondary N) is 2. The number of hydrogen-bond donors (Lipinski definition) is 2. The molecule has 0 saturated heterocycles. The Labute approximate surface area is 142 Å². The van der Waals surface area contributed by atoms with Gasteiger partial charge in [-0.2, -0.15) is 0 Å². The molecule has 3 aliphatic rings. The molecule has 0 unspecified atom stereocenters. The number of anilines is 1. The number of benzene rings is 1. The third kappa shape index (κ3) is 3.02. The van der Waals surface area contributed by atoms with Crippen molar-refractivity contribution in [3.63, 3.8) is 0 Å². The van der Waals surface area contributed by atoms with Crippen LogP contribution in [0.5, 0.6) is 5.75 Å². The third-order valence-electron chi connectivity index (χ3n) is 5.59. The van der Waals surface area contributed by atoms with Crippen molar-refractivity contribution in [3.05, 3.63) is 18.2 Å². The first-order valence-electron chi connectivity index (χ1n) is 8.57. The standard InChI is InChI=1S/C17H22N2O4S/c20-17-10-23-16-4-3-14(9-15(16)19-17)24(21,22)18-6-5-13-8-11-1-2-12(13)7-11/h3-4,9,11-13,18H,1-2,5-8,10H2,(H,19,20)/t11-,12-,13-/m0/s1. The van der Waals surface area contributed by atoms with E-state index < -0.39 is 10.0 Å². The number of hydrogen-bond acceptors (Lipinski definition) is 4. The molecule has 7 heteroatoms. The fourth-order valence-electron chi connectivity index (χ4n) is 4.42. The molecule has 6 nitrogen and oxygen atoms in total. The maximum absolute atomic E-state index is 12.5. The SMILES string of the molecule is O=C1COc2ccc(S(=O)(=O)NCC[C@H]3C[C@H]4CC[C@H]3C4)cc2N1. The second-order valence-electron chi connectivity index (χ2n) is 7.12. The zero-order valence-corrected chi connectivity index (χ0v) is 14.3. The summed E-state index contributed by atoms with van der Waals surface area (Å²) in [4.78, 5) is 11.5. The molecule has 0 spiro atoms. The number of rotatable bonds is 5. The summed E-state index contributed by atoms with van der Waals surface area (Å²) in [6, 6.07) is 4.54. The van der Waals surface area contributed by atoms with E-state index in [0.717, 1.165) is 18.3 Å². The number of ether oxygens (including phenoxy) is 1. The summed E-state index contributed by atoms with van der Waals surface area (Å²) in [6.07, 6.45) is 6.17. The number of carbonyl (C=O) groups is 1. The lowest BCUT2D eigenvalue weighted by atomic mass is 9.86. The van der Waals surface area contributed by atoms with E-state index in [4.69, 9.17) is 4.74 Å². The van der Waals surface area contributed by atoms with Crippen LogP contribution in [0, 0.1) is 17.8 Å². The Balaban J connectivity index is 1.39. The van der Waals surface area contributed by atoms with Crippen LogP contribution in [0.4, 0.5) is 5.69 Å². The highest BCUT2D eigenvalue weighted by Gasteiger charge is 2.38. The van der Waals surface area contributed by atoms with Gasteiger partial charge in [0.15, 0.2) is 6.61 Å². The molecule has 130 valence electrons. The molecule has 1 aromatic rings. The topological polar surface area (TPSA) is 84.5 Å². The minimum atomic E-state index is -3.57. The summed E-state index contributed by atoms with van der Waals surface area (Å²) < 4.78 is 32.9. The molecule has 2 aliphatic carbocycles. The average molecular weight is 350 g/mol. The molecule has 1 aliphatic heterocycles. The van der Waals surface area contributed by atoms with Crippen molar-refractivity contribution in [2.24, 2.45) is 17.8 Å². The zero-order chi connectivity index (χ0) is 16.7. The van der Waals surface area contributed by atoms with Gasteiger partial charge in [-0.15, -0.1) is 0 Å². The van der Waals surface area contributed by atoms with Crippen LogP contribution in [-0.2, 0) is 14.8 Å². The minimum Gasteiger partial charge on any atom is -0.482 e. The van der Waals surface area contributed by atoms with E-state index in [1.54, 1.807) is 6.07 Å². The van der Waals surface area contributed by atoms with Crippen molar-refractivity contribution in [2.75, 3.05) is 18.5 Å². The van der Waals surface area contributed by atoms with Crippen LogP contribution in [0.2, 0.25) is 0 Å². The Morgan fingerprint density at radius 1 is 1.25 bits per heavy atom. The van der Waals surface area contributed by atoms with Crippen LogP contribution in [-0.4, -0.2) is 27.5 Å². The first kappa shape index (κ1) is 15.9. The van der Waals surface area contributed by atoms with Gasteiger partial charge in [0.05, 0.1) is 10.6 Å². The number of amides is 1. The second-order valence-corrected chi connectivity index (χ2v) is 8.88. The smallest absolute Gasteiger partial charge is 0.262 e. The monoisotopic (exact) mass is 350 g/mol. The quantitative estimate of drug-likeness (QED) is 0.852. The molecule has 0 radical (unpaired) electrons. The van der Waals surface area contributed by atoms with Gasteiger partial charge in [-0.25, -0.2) is 13.1 Å². The van der Waals surface area contributed by atoms with Gasteiger partial charge in [0.25, 0.3) is 5.91 Å². The molecular weight excluding hydrogens is 328 g/mol. The summed E-state index contributed by atoms with van der Waals surface area (Å²) >= 11 is 0. The fourth-order valence-corrected chi connectivity index (χ4v) is 5.49. The highest BCUT2D eigenvalue weighted by atomic mass is 32.2. The second kappa shape index (κ2) is 6.04. The van der Waals surface area contributed by atoms with Crippen LogP contribution in [0.3, 0.4) is 0 Å². The van der Waals surface area contributed by atoms with E-state index in [0.29, 0.717) is 23.9 Å². The minimum absolute atomic E-state index is 0.0408. The molecule has 2 fully saturated rings. The molecule has 0 aromatic heterocycles. The number of fused-ring (bicyclic) bond motifs is 3. The summed E-state index contributed by atoms with van der Waals surface area (Å²) in [5.41, 5.74) is 0.405. The Morgan fingerprint density at radius 3 is 2.88 bits per heavy atom. The Bertz CT molecular complexity index is 762. The van der Waals surface area contributed by atoms with Gasteiger partial charge in [0.2, 0.25) is 10.0 Å². The molecule has 24 heavy (non-hydrogen) atoms. The molecular formula is C17H22N2O4S. The van der Waals surface area contributed by atoms with E-state index in [9.17, 15) is 13.2 Å². The van der Waals surface area contributed by atoms with Crippen LogP contribution in [0.15, 0.2) is 23.1 Å². The first-order valence-corrected chi connectivity index (χ1v) is 10.1. The lowest BCUT2D eigenvalue weighted by molar-refractivity contribution is -0.118. The predicted octanol–water partition coefficient (Wildman–Crippen LogP) is 2.12. The van der Waals surface area contributed by atoms with Crippen molar-refractivity contribution in [1.29, 1.82) is 0 Å². The maximum Gasteiger partial charge on any atom is 0.262 e. The van der Waals surface area contributed by atoms with Crippen molar-refractivity contribution >= 4 is 21.6 Å². The molecule has 2 N–H and O–H groups in total. The molecule has 1 heterocycles. The van der Waals surface area contributed by atoms with Crippen LogP contribution < -0.4 is 14.8 Å². The van der Waals surface area contributed by atoms with Gasteiger partial charge < -0.3 is 10.1 Å². The van der Waals surface area contributed by atoms with E-state index in [1.165, 1.54) is 37.8 Å². The first-order chi connectivity index (χ1) is 11.5. The van der Waals surface area contributed by atoms with Gasteiger partial charge in [-0.1, -0.05) is 6.42 Å². The predicted molar refractivity (Wildman–Crippen MR) is 89.3 cm³/mol. The van der Waals surface area contributed by atoms with Crippen LogP contribution in [0.25, 0.3) is 0 Å². The third-order valence-corrected chi connectivity index (χ3v) is 7.04. The molecule has 3 atom stereocenters. The van der Waals surface area contributed by atoms with Gasteiger partial charge in [-0.05, 0) is 61.6 Å². The van der Waals surface area contributed by atoms with Crippen LogP contribution >= 0.6 is 0 Å². The summed E-state index contributed by atoms with van der Waals surface area (Å²) in [7, 11) is -3.57. The van der Waals surface area contributed by atoms with Gasteiger partial charge in [-0.3, -0.25) is 4.79 Å². The molecule has 2 saturated carbocycles.